The van der Waals surface area contributed by atoms with Crippen LogP contribution in [0.1, 0.15) is 44.2 Å². The second kappa shape index (κ2) is 8.35. The summed E-state index contributed by atoms with van der Waals surface area (Å²) in [4.78, 5) is 6.64. The second-order valence-electron chi connectivity index (χ2n) is 8.72. The van der Waals surface area contributed by atoms with Crippen molar-refractivity contribution in [3.05, 3.63) is 82.6 Å². The molecule has 5 heteroatoms. The van der Waals surface area contributed by atoms with E-state index in [0.717, 1.165) is 23.4 Å². The van der Waals surface area contributed by atoms with Gasteiger partial charge in [0.05, 0.1) is 5.69 Å². The van der Waals surface area contributed by atoms with Gasteiger partial charge >= 0.3 is 0 Å². The molecule has 0 saturated carbocycles. The summed E-state index contributed by atoms with van der Waals surface area (Å²) >= 11 is 5.99. The standard InChI is InChI=1S/C26H26ClFN2O/c1-17-15-26(2,3)30(4)25-14-24(28)18(12-23(17)25)16-29-20-8-10-21(11-9-20)31-22-7-5-6-19(27)13-22/h5-14,16-17H,15H2,1-4H3. The Labute approximate surface area is 188 Å². The Morgan fingerprint density at radius 1 is 1.10 bits per heavy atom. The van der Waals surface area contributed by atoms with Crippen LogP contribution in [-0.4, -0.2) is 18.8 Å². The van der Waals surface area contributed by atoms with Crippen molar-refractivity contribution in [2.75, 3.05) is 11.9 Å². The quantitative estimate of drug-likeness (QED) is 0.390. The van der Waals surface area contributed by atoms with Crippen molar-refractivity contribution in [2.45, 2.75) is 38.6 Å². The van der Waals surface area contributed by atoms with Gasteiger partial charge in [0.25, 0.3) is 0 Å². The Bertz CT molecular complexity index is 1120. The molecule has 1 atom stereocenters. The number of rotatable bonds is 4. The van der Waals surface area contributed by atoms with E-state index in [1.165, 1.54) is 0 Å². The summed E-state index contributed by atoms with van der Waals surface area (Å²) in [5, 5.41) is 0.620. The molecule has 0 spiro atoms. The number of fused-ring (bicyclic) bond motifs is 1. The zero-order valence-electron chi connectivity index (χ0n) is 18.2. The smallest absolute Gasteiger partial charge is 0.134 e. The lowest BCUT2D eigenvalue weighted by atomic mass is 9.80. The topological polar surface area (TPSA) is 24.8 Å². The average Bonchev–Trinajstić information content (AvgIpc) is 2.72. The maximum Gasteiger partial charge on any atom is 0.134 e. The third kappa shape index (κ3) is 4.59. The maximum absolute atomic E-state index is 14.8. The molecule has 1 heterocycles. The minimum absolute atomic E-state index is 0.00334. The first-order valence-corrected chi connectivity index (χ1v) is 10.8. The Morgan fingerprint density at radius 3 is 2.55 bits per heavy atom. The Balaban J connectivity index is 1.53. The number of aliphatic imine (C=N–C) groups is 1. The lowest BCUT2D eigenvalue weighted by Gasteiger charge is -2.45. The molecule has 0 bridgehead atoms. The molecular formula is C26H26ClFN2O. The minimum atomic E-state index is -0.264. The SMILES string of the molecule is CC1CC(C)(C)N(C)c2cc(F)c(C=Nc3ccc(Oc4cccc(Cl)c4)cc3)cc21. The van der Waals surface area contributed by atoms with Crippen molar-refractivity contribution in [3.63, 3.8) is 0 Å². The van der Waals surface area contributed by atoms with Crippen molar-refractivity contribution in [1.82, 2.24) is 0 Å². The number of halogens is 2. The van der Waals surface area contributed by atoms with Gasteiger partial charge in [-0.05, 0) is 86.3 Å². The molecule has 0 saturated heterocycles. The Morgan fingerprint density at radius 2 is 1.84 bits per heavy atom. The van der Waals surface area contributed by atoms with E-state index in [1.54, 1.807) is 24.4 Å². The molecule has 1 aliphatic heterocycles. The van der Waals surface area contributed by atoms with Crippen LogP contribution in [0.3, 0.4) is 0 Å². The van der Waals surface area contributed by atoms with E-state index in [-0.39, 0.29) is 11.4 Å². The first-order chi connectivity index (χ1) is 14.7. The van der Waals surface area contributed by atoms with Gasteiger partial charge in [-0.15, -0.1) is 0 Å². The highest BCUT2D eigenvalue weighted by Gasteiger charge is 2.34. The fraction of sp³-hybridized carbons (Fsp3) is 0.269. The summed E-state index contributed by atoms with van der Waals surface area (Å²) < 4.78 is 20.6. The third-order valence-corrected chi connectivity index (χ3v) is 6.21. The minimum Gasteiger partial charge on any atom is -0.457 e. The fourth-order valence-corrected chi connectivity index (χ4v) is 4.29. The summed E-state index contributed by atoms with van der Waals surface area (Å²) in [5.74, 6) is 1.44. The number of nitrogens with zero attached hydrogens (tertiary/aromatic N) is 2. The number of benzene rings is 3. The van der Waals surface area contributed by atoms with E-state index in [9.17, 15) is 4.39 Å². The van der Waals surface area contributed by atoms with Crippen LogP contribution < -0.4 is 9.64 Å². The zero-order chi connectivity index (χ0) is 22.2. The van der Waals surface area contributed by atoms with Crippen molar-refractivity contribution >= 4 is 29.2 Å². The molecule has 0 N–H and O–H groups in total. The molecule has 4 rings (SSSR count). The average molecular weight is 437 g/mol. The van der Waals surface area contributed by atoms with Gasteiger partial charge < -0.3 is 9.64 Å². The van der Waals surface area contributed by atoms with Crippen molar-refractivity contribution in [3.8, 4) is 11.5 Å². The number of anilines is 1. The van der Waals surface area contributed by atoms with E-state index >= 15 is 0 Å². The first-order valence-electron chi connectivity index (χ1n) is 10.4. The van der Waals surface area contributed by atoms with Crippen molar-refractivity contribution in [2.24, 2.45) is 4.99 Å². The van der Waals surface area contributed by atoms with Crippen molar-refractivity contribution < 1.29 is 9.13 Å². The summed E-state index contributed by atoms with van der Waals surface area (Å²) in [5.41, 5.74) is 3.35. The predicted molar refractivity (Wildman–Crippen MR) is 127 cm³/mol. The second-order valence-corrected chi connectivity index (χ2v) is 9.16. The van der Waals surface area contributed by atoms with Gasteiger partial charge in [0.15, 0.2) is 0 Å². The van der Waals surface area contributed by atoms with Gasteiger partial charge in [0, 0.05) is 35.1 Å². The molecule has 0 aliphatic carbocycles. The number of hydrogen-bond acceptors (Lipinski definition) is 3. The summed E-state index contributed by atoms with van der Waals surface area (Å²) in [6.07, 6.45) is 2.61. The molecule has 1 aliphatic rings. The van der Waals surface area contributed by atoms with E-state index in [1.807, 2.05) is 49.5 Å². The van der Waals surface area contributed by atoms with Crippen LogP contribution in [0.15, 0.2) is 65.7 Å². The maximum atomic E-state index is 14.8. The number of ether oxygens (including phenoxy) is 1. The predicted octanol–water partition coefficient (Wildman–Crippen LogP) is 7.74. The summed E-state index contributed by atoms with van der Waals surface area (Å²) in [7, 11) is 2.03. The van der Waals surface area contributed by atoms with Crippen LogP contribution in [0.4, 0.5) is 15.8 Å². The molecular weight excluding hydrogens is 411 g/mol. The van der Waals surface area contributed by atoms with Crippen molar-refractivity contribution in [1.29, 1.82) is 0 Å². The molecule has 3 aromatic rings. The molecule has 0 aromatic heterocycles. The molecule has 3 aromatic carbocycles. The third-order valence-electron chi connectivity index (χ3n) is 5.97. The Kier molecular flexibility index (Phi) is 5.76. The molecule has 0 radical (unpaired) electrons. The van der Waals surface area contributed by atoms with Gasteiger partial charge in [-0.1, -0.05) is 24.6 Å². The van der Waals surface area contributed by atoms with Crippen LogP contribution in [0.25, 0.3) is 0 Å². The fourth-order valence-electron chi connectivity index (χ4n) is 4.11. The van der Waals surface area contributed by atoms with E-state index in [0.29, 0.717) is 28.0 Å². The van der Waals surface area contributed by atoms with Crippen LogP contribution >= 0.6 is 11.6 Å². The molecule has 0 amide bonds. The van der Waals surface area contributed by atoms with Crippen LogP contribution in [0, 0.1) is 5.82 Å². The lowest BCUT2D eigenvalue weighted by molar-refractivity contribution is 0.394. The zero-order valence-corrected chi connectivity index (χ0v) is 18.9. The van der Waals surface area contributed by atoms with Gasteiger partial charge in [-0.25, -0.2) is 4.39 Å². The van der Waals surface area contributed by atoms with Gasteiger partial charge in [-0.2, -0.15) is 0 Å². The van der Waals surface area contributed by atoms with Crippen LogP contribution in [-0.2, 0) is 0 Å². The Hall–Kier alpha value is -2.85. The van der Waals surface area contributed by atoms with Gasteiger partial charge in [0.2, 0.25) is 0 Å². The molecule has 160 valence electrons. The van der Waals surface area contributed by atoms with Crippen LogP contribution in [0.5, 0.6) is 11.5 Å². The number of hydrogen-bond donors (Lipinski definition) is 0. The lowest BCUT2D eigenvalue weighted by Crippen LogP contribution is -2.45. The van der Waals surface area contributed by atoms with Gasteiger partial charge in [0.1, 0.15) is 17.3 Å². The highest BCUT2D eigenvalue weighted by Crippen LogP contribution is 2.43. The molecule has 0 fully saturated rings. The van der Waals surface area contributed by atoms with E-state index < -0.39 is 0 Å². The normalized spacial score (nSPS) is 17.6. The molecule has 31 heavy (non-hydrogen) atoms. The van der Waals surface area contributed by atoms with Gasteiger partial charge in [-0.3, -0.25) is 4.99 Å². The van der Waals surface area contributed by atoms with E-state index in [4.69, 9.17) is 16.3 Å². The van der Waals surface area contributed by atoms with Crippen LogP contribution in [0.2, 0.25) is 5.02 Å². The highest BCUT2D eigenvalue weighted by atomic mass is 35.5. The monoisotopic (exact) mass is 436 g/mol. The first kappa shape index (κ1) is 21.4. The largest absolute Gasteiger partial charge is 0.457 e. The summed E-state index contributed by atoms with van der Waals surface area (Å²) in [6.45, 7) is 6.59. The van der Waals surface area contributed by atoms with E-state index in [2.05, 4.69) is 30.7 Å². The molecule has 3 nitrogen and oxygen atoms in total. The highest BCUT2D eigenvalue weighted by molar-refractivity contribution is 6.30. The molecule has 1 unspecified atom stereocenters. The summed E-state index contributed by atoms with van der Waals surface area (Å²) in [6, 6.07) is 18.1.